The van der Waals surface area contributed by atoms with Crippen molar-refractivity contribution in [2.45, 2.75) is 31.8 Å². The number of hydrogen-bond acceptors (Lipinski definition) is 10. The molecule has 0 spiro atoms. The number of imidazole rings is 1. The van der Waals surface area contributed by atoms with E-state index in [9.17, 15) is 15.2 Å². The Bertz CT molecular complexity index is 1080. The molecule has 1 saturated heterocycles. The molecule has 12 heteroatoms. The molecule has 174 valence electrons. The van der Waals surface area contributed by atoms with Gasteiger partial charge in [-0.25, -0.2) is 15.0 Å². The Kier molecular flexibility index (Phi) is 8.09. The van der Waals surface area contributed by atoms with Crippen molar-refractivity contribution in [3.05, 3.63) is 45.9 Å². The summed E-state index contributed by atoms with van der Waals surface area (Å²) in [5, 5.41) is 20.8. The minimum atomic E-state index is -0.524. The summed E-state index contributed by atoms with van der Waals surface area (Å²) in [4.78, 5) is 23.4. The van der Waals surface area contributed by atoms with Crippen LogP contribution in [0.5, 0.6) is 5.75 Å². The molecule has 0 radical (unpaired) electrons. The van der Waals surface area contributed by atoms with Crippen molar-refractivity contribution in [1.29, 1.82) is 0 Å². The molecule has 1 fully saturated rings. The van der Waals surface area contributed by atoms with Crippen molar-refractivity contribution in [2.24, 2.45) is 15.7 Å². The van der Waals surface area contributed by atoms with Crippen molar-refractivity contribution >= 4 is 24.1 Å². The second-order valence-electron chi connectivity index (χ2n) is 6.93. The normalized spacial score (nSPS) is 18.0. The highest BCUT2D eigenvalue weighted by atomic mass is 16.6. The average Bonchev–Trinajstić information content (AvgIpc) is 3.46. The molecule has 0 amide bonds. The molecule has 1 aliphatic rings. The summed E-state index contributed by atoms with van der Waals surface area (Å²) >= 11 is 0. The van der Waals surface area contributed by atoms with E-state index >= 15 is 0 Å². The largest absolute Gasteiger partial charge is 0.481 e. The van der Waals surface area contributed by atoms with Gasteiger partial charge in [-0.2, -0.15) is 0 Å². The minimum absolute atomic E-state index is 0.0180. The summed E-state index contributed by atoms with van der Waals surface area (Å²) < 4.78 is 18.6. The number of terminal acetylenes is 1. The third-order valence-corrected chi connectivity index (χ3v) is 4.89. The van der Waals surface area contributed by atoms with Crippen LogP contribution in [-0.4, -0.2) is 58.2 Å². The van der Waals surface area contributed by atoms with Gasteiger partial charge in [-0.1, -0.05) is 5.92 Å². The van der Waals surface area contributed by atoms with E-state index in [1.54, 1.807) is 4.57 Å². The fourth-order valence-electron chi connectivity index (χ4n) is 3.39. The molecule has 33 heavy (non-hydrogen) atoms. The van der Waals surface area contributed by atoms with Gasteiger partial charge in [0.1, 0.15) is 25.2 Å². The van der Waals surface area contributed by atoms with E-state index < -0.39 is 4.92 Å². The van der Waals surface area contributed by atoms with E-state index in [-0.39, 0.29) is 61.7 Å². The van der Waals surface area contributed by atoms with Crippen molar-refractivity contribution in [2.75, 3.05) is 19.9 Å². The summed E-state index contributed by atoms with van der Waals surface area (Å²) in [5.74, 6) is 3.08. The zero-order chi connectivity index (χ0) is 23.8. The van der Waals surface area contributed by atoms with Crippen LogP contribution in [0, 0.1) is 22.5 Å². The Labute approximate surface area is 189 Å². The van der Waals surface area contributed by atoms with Gasteiger partial charge in [-0.05, 0) is 31.7 Å². The number of rotatable bonds is 10. The highest BCUT2D eigenvalue weighted by molar-refractivity contribution is 5.96. The molecular formula is C21H24N6O6. The third-order valence-electron chi connectivity index (χ3n) is 4.89. The quantitative estimate of drug-likeness (QED) is 0.180. The Morgan fingerprint density at radius 3 is 2.97 bits per heavy atom. The number of ether oxygens (including phenoxy) is 3. The number of nitrogens with zero attached hydrogens (tertiary/aromatic N) is 5. The lowest BCUT2D eigenvalue weighted by atomic mass is 10.2. The molecule has 2 atom stereocenters. The molecule has 1 aromatic carbocycles. The molecule has 1 aliphatic heterocycles. The Hall–Kier alpha value is -3.79. The van der Waals surface area contributed by atoms with E-state index in [1.165, 1.54) is 24.5 Å². The maximum atomic E-state index is 11.4. The first-order valence-corrected chi connectivity index (χ1v) is 10.0. The Morgan fingerprint density at radius 1 is 1.52 bits per heavy atom. The SMILES string of the molecule is C#CCOc1ccc([N+](=O)[O-])c(COC(=NCN)c2ncn(C3CCC(CO)O3)c2N=C)c1. The van der Waals surface area contributed by atoms with Crippen molar-refractivity contribution in [1.82, 2.24) is 9.55 Å². The van der Waals surface area contributed by atoms with Gasteiger partial charge in [-0.15, -0.1) is 6.42 Å². The zero-order valence-electron chi connectivity index (χ0n) is 17.8. The summed E-state index contributed by atoms with van der Waals surface area (Å²) in [5.41, 5.74) is 5.95. The van der Waals surface area contributed by atoms with E-state index in [2.05, 4.69) is 27.6 Å². The number of nitrogens with two attached hydrogens (primary N) is 1. The zero-order valence-corrected chi connectivity index (χ0v) is 17.8. The average molecular weight is 456 g/mol. The lowest BCUT2D eigenvalue weighted by Crippen LogP contribution is -2.14. The fourth-order valence-corrected chi connectivity index (χ4v) is 3.39. The maximum absolute atomic E-state index is 11.4. The number of nitro groups is 1. The molecule has 12 nitrogen and oxygen atoms in total. The molecule has 2 unspecified atom stereocenters. The minimum Gasteiger partial charge on any atom is -0.481 e. The number of benzene rings is 1. The number of aliphatic hydroxyl groups excluding tert-OH is 1. The predicted molar refractivity (Wildman–Crippen MR) is 119 cm³/mol. The van der Waals surface area contributed by atoms with Crippen molar-refractivity contribution in [3.8, 4) is 18.1 Å². The van der Waals surface area contributed by atoms with Gasteiger partial charge in [-0.3, -0.25) is 14.7 Å². The highest BCUT2D eigenvalue weighted by Crippen LogP contribution is 2.33. The number of aliphatic hydroxyl groups is 1. The summed E-state index contributed by atoms with van der Waals surface area (Å²) in [6.07, 6.45) is 7.41. The van der Waals surface area contributed by atoms with Gasteiger partial charge in [0.25, 0.3) is 5.69 Å². The number of nitro benzene ring substituents is 1. The van der Waals surface area contributed by atoms with Crippen LogP contribution in [0.2, 0.25) is 0 Å². The fraction of sp³-hybridized carbons (Fsp3) is 0.381. The highest BCUT2D eigenvalue weighted by Gasteiger charge is 2.29. The second-order valence-corrected chi connectivity index (χ2v) is 6.93. The van der Waals surface area contributed by atoms with Crippen LogP contribution in [0.3, 0.4) is 0 Å². The van der Waals surface area contributed by atoms with Crippen LogP contribution < -0.4 is 10.5 Å². The summed E-state index contributed by atoms with van der Waals surface area (Å²) in [6.45, 7) is 3.21. The van der Waals surface area contributed by atoms with Crippen LogP contribution in [0.1, 0.15) is 30.3 Å². The summed E-state index contributed by atoms with van der Waals surface area (Å²) in [6, 6.07) is 4.24. The van der Waals surface area contributed by atoms with E-state index in [4.69, 9.17) is 26.4 Å². The lowest BCUT2D eigenvalue weighted by molar-refractivity contribution is -0.385. The molecule has 3 N–H and O–H groups in total. The number of hydrogen-bond donors (Lipinski definition) is 2. The first-order chi connectivity index (χ1) is 16.0. The third kappa shape index (κ3) is 5.53. The van der Waals surface area contributed by atoms with Gasteiger partial charge in [0.15, 0.2) is 11.5 Å². The molecule has 2 heterocycles. The number of aliphatic imine (C=N–C) groups is 2. The van der Waals surface area contributed by atoms with Gasteiger partial charge < -0.3 is 25.1 Å². The van der Waals surface area contributed by atoms with Gasteiger partial charge in [0, 0.05) is 6.07 Å². The molecular weight excluding hydrogens is 432 g/mol. The van der Waals surface area contributed by atoms with Crippen LogP contribution in [0.4, 0.5) is 11.5 Å². The van der Waals surface area contributed by atoms with Crippen LogP contribution >= 0.6 is 0 Å². The molecule has 2 aromatic rings. The van der Waals surface area contributed by atoms with Crippen molar-refractivity contribution in [3.63, 3.8) is 0 Å². The molecule has 3 rings (SSSR count). The molecule has 1 aromatic heterocycles. The summed E-state index contributed by atoms with van der Waals surface area (Å²) in [7, 11) is 0. The maximum Gasteiger partial charge on any atom is 0.276 e. The van der Waals surface area contributed by atoms with Crippen LogP contribution in [0.15, 0.2) is 34.5 Å². The molecule has 0 bridgehead atoms. The van der Waals surface area contributed by atoms with Gasteiger partial charge >= 0.3 is 0 Å². The predicted octanol–water partition coefficient (Wildman–Crippen LogP) is 1.68. The molecule has 0 aliphatic carbocycles. The van der Waals surface area contributed by atoms with Gasteiger partial charge in [0.05, 0.1) is 36.2 Å². The monoisotopic (exact) mass is 456 g/mol. The van der Waals surface area contributed by atoms with E-state index in [1.807, 2.05) is 0 Å². The second kappa shape index (κ2) is 11.2. The van der Waals surface area contributed by atoms with E-state index in [0.29, 0.717) is 24.4 Å². The van der Waals surface area contributed by atoms with E-state index in [0.717, 1.165) is 0 Å². The first-order valence-electron chi connectivity index (χ1n) is 10.0. The molecule has 0 saturated carbocycles. The lowest BCUT2D eigenvalue weighted by Gasteiger charge is -2.15. The standard InChI is InChI=1S/C21H24N6O6/c1-3-8-31-15-4-6-17(27(29)30)14(9-15)11-32-21(24-12-22)19-20(23-2)26(13-25-19)18-7-5-16(10-28)33-18/h1,4,6,9,13,16,18,28H,2,5,7-8,10-12,22H2. The Morgan fingerprint density at radius 2 is 2.33 bits per heavy atom. The van der Waals surface area contributed by atoms with Gasteiger partial charge in [0.2, 0.25) is 5.90 Å². The van der Waals surface area contributed by atoms with Crippen LogP contribution in [-0.2, 0) is 16.1 Å². The van der Waals surface area contributed by atoms with Crippen molar-refractivity contribution < 1.29 is 24.2 Å². The topological polar surface area (TPSA) is 160 Å². The van der Waals surface area contributed by atoms with Crippen LogP contribution in [0.25, 0.3) is 0 Å². The smallest absolute Gasteiger partial charge is 0.276 e. The number of aromatic nitrogens is 2. The first kappa shape index (κ1) is 23.9. The Balaban J connectivity index is 1.86.